The zero-order chi connectivity index (χ0) is 23.2. The van der Waals surface area contributed by atoms with E-state index in [1.54, 1.807) is 12.1 Å². The minimum absolute atomic E-state index is 0.0440. The van der Waals surface area contributed by atoms with E-state index >= 15 is 0 Å². The molecule has 1 heterocycles. The van der Waals surface area contributed by atoms with Gasteiger partial charge >= 0.3 is 0 Å². The second-order valence-corrected chi connectivity index (χ2v) is 9.75. The molecule has 33 heavy (non-hydrogen) atoms. The zero-order valence-corrected chi connectivity index (χ0v) is 20.2. The summed E-state index contributed by atoms with van der Waals surface area (Å²) in [6.07, 6.45) is 7.59. The number of amides is 1. The summed E-state index contributed by atoms with van der Waals surface area (Å²) in [7, 11) is 1.96. The Hall–Kier alpha value is -2.51. The van der Waals surface area contributed by atoms with Crippen LogP contribution in [0.5, 0.6) is 0 Å². The van der Waals surface area contributed by atoms with Crippen LogP contribution in [0.1, 0.15) is 37.8 Å². The Bertz CT molecular complexity index is 1070. The van der Waals surface area contributed by atoms with Gasteiger partial charge in [-0.2, -0.15) is 0 Å². The Morgan fingerprint density at radius 3 is 2.55 bits per heavy atom. The number of aromatic nitrogens is 2. The number of halogens is 2. The summed E-state index contributed by atoms with van der Waals surface area (Å²) in [6, 6.07) is 14.3. The van der Waals surface area contributed by atoms with Crippen LogP contribution in [0, 0.1) is 5.82 Å². The third kappa shape index (κ3) is 6.30. The minimum atomic E-state index is -0.261. The fourth-order valence-corrected chi connectivity index (χ4v) is 5.07. The summed E-state index contributed by atoms with van der Waals surface area (Å²) >= 11 is 7.53. The van der Waals surface area contributed by atoms with Crippen LogP contribution in [0.25, 0.3) is 5.69 Å². The third-order valence-corrected chi connectivity index (χ3v) is 7.06. The number of benzene rings is 2. The van der Waals surface area contributed by atoms with Gasteiger partial charge in [0.05, 0.1) is 24.2 Å². The van der Waals surface area contributed by atoms with Crippen molar-refractivity contribution in [3.05, 3.63) is 71.3 Å². The first-order valence-corrected chi connectivity index (χ1v) is 12.6. The van der Waals surface area contributed by atoms with Crippen LogP contribution in [0.4, 0.5) is 10.1 Å². The van der Waals surface area contributed by atoms with Crippen molar-refractivity contribution in [3.63, 3.8) is 0 Å². The predicted octanol–water partition coefficient (Wildman–Crippen LogP) is 5.84. The maximum atomic E-state index is 13.3. The Morgan fingerprint density at radius 1 is 1.15 bits per heavy atom. The number of hydrogen-bond donors (Lipinski definition) is 1. The Balaban J connectivity index is 1.51. The molecule has 0 bridgehead atoms. The number of carbonyl (C=O) groups excluding carboxylic acids is 1. The molecular weight excluding hydrogens is 459 g/mol. The molecule has 0 unspecified atom stereocenters. The number of thioether (sulfide) groups is 1. The third-order valence-electron chi connectivity index (χ3n) is 5.86. The number of carbonyl (C=O) groups is 1. The monoisotopic (exact) mass is 486 g/mol. The summed E-state index contributed by atoms with van der Waals surface area (Å²) in [6.45, 7) is 0.566. The van der Waals surface area contributed by atoms with Gasteiger partial charge in [-0.1, -0.05) is 42.6 Å². The molecule has 0 saturated heterocycles. The number of nitrogens with one attached hydrogen (secondary N) is 1. The number of imidazole rings is 1. The van der Waals surface area contributed by atoms with Gasteiger partial charge in [-0.25, -0.2) is 9.37 Å². The van der Waals surface area contributed by atoms with E-state index < -0.39 is 0 Å². The topological polar surface area (TPSA) is 50.2 Å². The lowest BCUT2D eigenvalue weighted by atomic mass is 9.95. The van der Waals surface area contributed by atoms with E-state index in [2.05, 4.69) is 14.9 Å². The van der Waals surface area contributed by atoms with Gasteiger partial charge in [0.1, 0.15) is 5.82 Å². The van der Waals surface area contributed by atoms with Gasteiger partial charge in [0, 0.05) is 29.5 Å². The van der Waals surface area contributed by atoms with E-state index in [0.29, 0.717) is 23.4 Å². The molecule has 1 fully saturated rings. The summed E-state index contributed by atoms with van der Waals surface area (Å²) < 4.78 is 15.4. The highest BCUT2D eigenvalue weighted by atomic mass is 35.5. The highest BCUT2D eigenvalue weighted by Crippen LogP contribution is 2.27. The van der Waals surface area contributed by atoms with Crippen molar-refractivity contribution in [3.8, 4) is 5.69 Å². The Kier molecular flexibility index (Phi) is 7.93. The lowest BCUT2D eigenvalue weighted by molar-refractivity contribution is -0.119. The van der Waals surface area contributed by atoms with Crippen molar-refractivity contribution in [1.29, 1.82) is 0 Å². The van der Waals surface area contributed by atoms with Gasteiger partial charge in [0.15, 0.2) is 5.16 Å². The molecule has 0 spiro atoms. The van der Waals surface area contributed by atoms with Crippen LogP contribution in [0.3, 0.4) is 0 Å². The van der Waals surface area contributed by atoms with Crippen molar-refractivity contribution in [2.45, 2.75) is 49.8 Å². The summed E-state index contributed by atoms with van der Waals surface area (Å²) in [5.74, 6) is 0.0972. The Morgan fingerprint density at radius 2 is 1.85 bits per heavy atom. The molecule has 174 valence electrons. The summed E-state index contributed by atoms with van der Waals surface area (Å²) in [5.41, 5.74) is 2.79. The molecule has 1 aliphatic carbocycles. The van der Waals surface area contributed by atoms with Gasteiger partial charge in [-0.15, -0.1) is 0 Å². The molecule has 8 heteroatoms. The molecule has 0 aliphatic heterocycles. The average Bonchev–Trinajstić information content (AvgIpc) is 3.21. The normalized spacial score (nSPS) is 14.3. The summed E-state index contributed by atoms with van der Waals surface area (Å²) in [5, 5.41) is 4.57. The van der Waals surface area contributed by atoms with E-state index in [-0.39, 0.29) is 11.7 Å². The first-order valence-electron chi connectivity index (χ1n) is 11.2. The fourth-order valence-electron chi connectivity index (χ4n) is 4.12. The average molecular weight is 487 g/mol. The molecule has 1 N–H and O–H groups in total. The molecular formula is C25H28ClFN4OS. The molecule has 1 amide bonds. The lowest BCUT2D eigenvalue weighted by Gasteiger charge is -2.22. The smallest absolute Gasteiger partial charge is 0.230 e. The quantitative estimate of drug-likeness (QED) is 0.406. The first-order chi connectivity index (χ1) is 16.0. The molecule has 0 atom stereocenters. The number of nitrogens with zero attached hydrogens (tertiary/aromatic N) is 3. The van der Waals surface area contributed by atoms with Crippen LogP contribution in [-0.4, -0.2) is 34.3 Å². The van der Waals surface area contributed by atoms with Crippen molar-refractivity contribution in [2.24, 2.45) is 0 Å². The number of anilines is 1. The van der Waals surface area contributed by atoms with Gasteiger partial charge < -0.3 is 10.2 Å². The molecule has 3 aromatic rings. The Labute approximate surface area is 203 Å². The highest BCUT2D eigenvalue weighted by Gasteiger charge is 2.18. The highest BCUT2D eigenvalue weighted by molar-refractivity contribution is 7.99. The minimum Gasteiger partial charge on any atom is -0.369 e. The fraction of sp³-hybridized carbons (Fsp3) is 0.360. The van der Waals surface area contributed by atoms with E-state index in [0.717, 1.165) is 35.1 Å². The van der Waals surface area contributed by atoms with Crippen molar-refractivity contribution in [1.82, 2.24) is 14.9 Å². The molecule has 1 aromatic heterocycles. The number of rotatable bonds is 8. The van der Waals surface area contributed by atoms with E-state index in [1.807, 2.05) is 42.4 Å². The van der Waals surface area contributed by atoms with Crippen molar-refractivity contribution >= 4 is 35.0 Å². The standard InChI is InChI=1S/C25H28ClFN4OS/c1-30(21-13-9-19(27)10-14-21)16-23-15-28-25(31(23)22-11-7-18(26)8-12-22)33-17-24(32)29-20-5-3-2-4-6-20/h7-15,20H,2-6,16-17H2,1H3,(H,29,32). The van der Waals surface area contributed by atoms with Crippen LogP contribution >= 0.6 is 23.4 Å². The zero-order valence-electron chi connectivity index (χ0n) is 18.6. The predicted molar refractivity (Wildman–Crippen MR) is 133 cm³/mol. The SMILES string of the molecule is CN(Cc1cnc(SCC(=O)NC2CCCCC2)n1-c1ccc(Cl)cc1)c1ccc(F)cc1. The molecule has 5 nitrogen and oxygen atoms in total. The van der Waals surface area contributed by atoms with E-state index in [4.69, 9.17) is 11.6 Å². The summed E-state index contributed by atoms with van der Waals surface area (Å²) in [4.78, 5) is 19.2. The van der Waals surface area contributed by atoms with Gasteiger partial charge in [-0.3, -0.25) is 9.36 Å². The molecule has 0 radical (unpaired) electrons. The molecule has 1 aliphatic rings. The van der Waals surface area contributed by atoms with Crippen molar-refractivity contribution in [2.75, 3.05) is 17.7 Å². The van der Waals surface area contributed by atoms with Crippen LogP contribution in [-0.2, 0) is 11.3 Å². The van der Waals surface area contributed by atoms with Crippen LogP contribution in [0.15, 0.2) is 59.9 Å². The largest absolute Gasteiger partial charge is 0.369 e. The van der Waals surface area contributed by atoms with Gasteiger partial charge in [0.25, 0.3) is 0 Å². The van der Waals surface area contributed by atoms with Crippen LogP contribution < -0.4 is 10.2 Å². The van der Waals surface area contributed by atoms with Crippen molar-refractivity contribution < 1.29 is 9.18 Å². The molecule has 2 aromatic carbocycles. The van der Waals surface area contributed by atoms with E-state index in [1.165, 1.54) is 43.2 Å². The number of hydrogen-bond acceptors (Lipinski definition) is 4. The lowest BCUT2D eigenvalue weighted by Crippen LogP contribution is -2.37. The van der Waals surface area contributed by atoms with Gasteiger partial charge in [-0.05, 0) is 61.4 Å². The first kappa shape index (κ1) is 23.6. The maximum Gasteiger partial charge on any atom is 0.230 e. The second kappa shape index (κ2) is 11.1. The van der Waals surface area contributed by atoms with Crippen LogP contribution in [0.2, 0.25) is 5.02 Å². The maximum absolute atomic E-state index is 13.3. The molecule has 1 saturated carbocycles. The van der Waals surface area contributed by atoms with E-state index in [9.17, 15) is 9.18 Å². The van der Waals surface area contributed by atoms with Gasteiger partial charge in [0.2, 0.25) is 5.91 Å². The second-order valence-electron chi connectivity index (χ2n) is 8.37. The molecule has 4 rings (SSSR count).